The van der Waals surface area contributed by atoms with Crippen LogP contribution in [0.25, 0.3) is 16.6 Å². The van der Waals surface area contributed by atoms with Crippen molar-refractivity contribution in [3.63, 3.8) is 0 Å². The highest BCUT2D eigenvalue weighted by Gasteiger charge is 2.41. The Morgan fingerprint density at radius 2 is 1.80 bits per heavy atom. The first-order valence-corrected chi connectivity index (χ1v) is 20.3. The number of nitro benzene ring substituents is 1. The van der Waals surface area contributed by atoms with Crippen molar-refractivity contribution < 1.29 is 27.3 Å². The smallest absolute Gasteiger partial charge is 0.306 e. The third-order valence-electron chi connectivity index (χ3n) is 11.2. The van der Waals surface area contributed by atoms with Gasteiger partial charge < -0.3 is 14.6 Å². The van der Waals surface area contributed by atoms with Gasteiger partial charge in [0.15, 0.2) is 0 Å². The molecule has 4 heterocycles. The van der Waals surface area contributed by atoms with E-state index in [0.717, 1.165) is 74.1 Å². The van der Waals surface area contributed by atoms with Gasteiger partial charge in [-0.3, -0.25) is 19.8 Å². The second kappa shape index (κ2) is 14.6. The number of allylic oxidation sites excluding steroid dienone is 1. The molecule has 15 heteroatoms. The zero-order valence-electron chi connectivity index (χ0n) is 30.8. The summed E-state index contributed by atoms with van der Waals surface area (Å²) in [7, 11) is -4.64. The van der Waals surface area contributed by atoms with Gasteiger partial charge in [0.05, 0.1) is 21.6 Å². The molecule has 2 N–H and O–H groups in total. The Labute approximate surface area is 328 Å². The van der Waals surface area contributed by atoms with Gasteiger partial charge >= 0.3 is 5.69 Å². The van der Waals surface area contributed by atoms with Gasteiger partial charge in [-0.25, -0.2) is 18.1 Å². The number of aromatic nitrogens is 2. The number of hydrogen-bond donors (Lipinski definition) is 2. The van der Waals surface area contributed by atoms with Crippen molar-refractivity contribution in [3.05, 3.63) is 123 Å². The van der Waals surface area contributed by atoms with Crippen LogP contribution in [0.15, 0.2) is 95.7 Å². The highest BCUT2D eigenvalue weighted by atomic mass is 35.5. The van der Waals surface area contributed by atoms with E-state index in [9.17, 15) is 27.7 Å². The minimum absolute atomic E-state index is 0.0888. The lowest BCUT2D eigenvalue weighted by atomic mass is 9.72. The van der Waals surface area contributed by atoms with Crippen LogP contribution in [-0.2, 0) is 10.0 Å². The number of ether oxygens (including phenoxy) is 1. The molecule has 3 aliphatic rings. The van der Waals surface area contributed by atoms with Crippen LogP contribution in [0.1, 0.15) is 49.0 Å². The monoisotopic (exact) mass is 798 g/mol. The van der Waals surface area contributed by atoms with Gasteiger partial charge in [0.1, 0.15) is 17.1 Å². The van der Waals surface area contributed by atoms with Gasteiger partial charge in [-0.05, 0) is 96.2 Å². The number of sulfonamides is 1. The number of halogens is 2. The number of pyridine rings is 1. The van der Waals surface area contributed by atoms with E-state index in [0.29, 0.717) is 35.4 Å². The fourth-order valence-corrected chi connectivity index (χ4v) is 9.39. The van der Waals surface area contributed by atoms with E-state index in [1.807, 2.05) is 22.9 Å². The van der Waals surface area contributed by atoms with Crippen LogP contribution >= 0.6 is 11.6 Å². The van der Waals surface area contributed by atoms with Crippen LogP contribution in [0.5, 0.6) is 11.5 Å². The molecule has 3 aromatic carbocycles. The van der Waals surface area contributed by atoms with Crippen molar-refractivity contribution in [2.24, 2.45) is 17.3 Å². The average molecular weight is 799 g/mol. The number of likely N-dealkylation sites (tertiary alicyclic amines) is 1. The Balaban J connectivity index is 1.02. The molecule has 2 aliphatic heterocycles. The van der Waals surface area contributed by atoms with Crippen LogP contribution in [-0.4, -0.2) is 66.8 Å². The highest BCUT2D eigenvalue weighted by molar-refractivity contribution is 7.90. The molecule has 5 aromatic rings. The lowest BCUT2D eigenvalue weighted by Crippen LogP contribution is -2.32. The van der Waals surface area contributed by atoms with Crippen molar-refractivity contribution in [1.82, 2.24) is 19.6 Å². The van der Waals surface area contributed by atoms with Crippen LogP contribution in [0.2, 0.25) is 5.02 Å². The number of H-pyrrole nitrogens is 1. The molecule has 2 atom stereocenters. The summed E-state index contributed by atoms with van der Waals surface area (Å²) in [6, 6.07) is 18.9. The maximum Gasteiger partial charge on any atom is 0.306 e. The molecule has 1 amide bonds. The number of nitrogens with zero attached hydrogens (tertiary/aromatic N) is 4. The van der Waals surface area contributed by atoms with Crippen LogP contribution in [0, 0.1) is 33.2 Å². The van der Waals surface area contributed by atoms with E-state index in [2.05, 4.69) is 45.7 Å². The van der Waals surface area contributed by atoms with Gasteiger partial charge in [0, 0.05) is 67.1 Å². The molecule has 0 spiro atoms. The van der Waals surface area contributed by atoms with Gasteiger partial charge in [0.2, 0.25) is 5.82 Å². The topological polar surface area (TPSA) is 151 Å². The molecule has 2 aromatic heterocycles. The van der Waals surface area contributed by atoms with E-state index in [4.69, 9.17) is 16.3 Å². The summed E-state index contributed by atoms with van der Waals surface area (Å²) in [6.45, 7) is 9.16. The first-order chi connectivity index (χ1) is 26.7. The highest BCUT2D eigenvalue weighted by Crippen LogP contribution is 2.44. The van der Waals surface area contributed by atoms with Crippen LogP contribution in [0.3, 0.4) is 0 Å². The van der Waals surface area contributed by atoms with Gasteiger partial charge in [-0.15, -0.1) is 0 Å². The van der Waals surface area contributed by atoms with Crippen molar-refractivity contribution in [2.75, 3.05) is 37.6 Å². The first-order valence-electron chi connectivity index (χ1n) is 18.4. The molecular formula is C41H40ClFN6O6S. The van der Waals surface area contributed by atoms with Crippen molar-refractivity contribution in [1.29, 1.82) is 0 Å². The second-order valence-electron chi connectivity index (χ2n) is 15.7. The minimum atomic E-state index is -4.64. The molecule has 0 radical (unpaired) electrons. The largest absolute Gasteiger partial charge is 0.455 e. The van der Waals surface area contributed by atoms with Crippen molar-refractivity contribution in [2.45, 2.75) is 38.0 Å². The van der Waals surface area contributed by atoms with Crippen molar-refractivity contribution in [3.8, 4) is 11.5 Å². The van der Waals surface area contributed by atoms with Gasteiger partial charge in [-0.2, -0.15) is 4.39 Å². The molecular weight excluding hydrogens is 759 g/mol. The summed E-state index contributed by atoms with van der Waals surface area (Å²) in [5.41, 5.74) is 4.77. The van der Waals surface area contributed by atoms with Gasteiger partial charge in [-0.1, -0.05) is 43.2 Å². The Bertz CT molecular complexity index is 2490. The van der Waals surface area contributed by atoms with E-state index < -0.39 is 37.3 Å². The predicted octanol–water partition coefficient (Wildman–Crippen LogP) is 8.21. The summed E-state index contributed by atoms with van der Waals surface area (Å²) >= 11 is 6.23. The molecule has 56 heavy (non-hydrogen) atoms. The number of aromatic amines is 1. The number of rotatable bonds is 10. The molecule has 12 nitrogen and oxygen atoms in total. The number of hydrogen-bond acceptors (Lipinski definition) is 9. The molecule has 290 valence electrons. The molecule has 2 unspecified atom stereocenters. The fourth-order valence-electron chi connectivity index (χ4n) is 8.28. The summed E-state index contributed by atoms with van der Waals surface area (Å²) in [4.78, 5) is 35.5. The average Bonchev–Trinajstić information content (AvgIpc) is 3.88. The number of carbonyl (C=O) groups excluding carboxylic acids is 1. The molecule has 2 saturated heterocycles. The summed E-state index contributed by atoms with van der Waals surface area (Å²) in [5.74, 6) is -0.932. The third-order valence-corrected chi connectivity index (χ3v) is 12.8. The summed E-state index contributed by atoms with van der Waals surface area (Å²) in [5, 5.41) is 12.8. The first kappa shape index (κ1) is 37.6. The number of nitro groups is 1. The Morgan fingerprint density at radius 1 is 1.05 bits per heavy atom. The second-order valence-corrected chi connectivity index (χ2v) is 17.8. The zero-order chi connectivity index (χ0) is 39.4. The molecule has 2 fully saturated rings. The Morgan fingerprint density at radius 3 is 2.54 bits per heavy atom. The number of nitrogens with one attached hydrogen (secondary N) is 2. The van der Waals surface area contributed by atoms with E-state index in [1.165, 1.54) is 29.0 Å². The number of anilines is 1. The van der Waals surface area contributed by atoms with Gasteiger partial charge in [0.25, 0.3) is 15.9 Å². The molecule has 1 aliphatic carbocycles. The maximum absolute atomic E-state index is 14.0. The quantitative estimate of drug-likeness (QED) is 0.105. The van der Waals surface area contributed by atoms with Crippen LogP contribution < -0.4 is 14.4 Å². The third kappa shape index (κ3) is 7.73. The number of carbonyl (C=O) groups is 1. The Hall–Kier alpha value is -5.31. The number of fused-ring (bicyclic) bond motifs is 2. The van der Waals surface area contributed by atoms with E-state index in [1.54, 1.807) is 24.4 Å². The summed E-state index contributed by atoms with van der Waals surface area (Å²) in [6.07, 6.45) is 6.50. The van der Waals surface area contributed by atoms with E-state index >= 15 is 0 Å². The molecule has 0 saturated carbocycles. The van der Waals surface area contributed by atoms with Crippen LogP contribution in [0.4, 0.5) is 15.8 Å². The lowest BCUT2D eigenvalue weighted by molar-refractivity contribution is -0.387. The molecule has 0 bridgehead atoms. The molecule has 8 rings (SSSR count). The summed E-state index contributed by atoms with van der Waals surface area (Å²) < 4.78 is 48.6. The predicted molar refractivity (Wildman–Crippen MR) is 212 cm³/mol. The number of amides is 1. The normalized spacial score (nSPS) is 19.7. The minimum Gasteiger partial charge on any atom is -0.455 e. The SMILES string of the molecule is CC1(C)CCC(CN2CC3CN(c4ccc(C(=O)NS(=O)(=O)c5ccc(F)c([N+](=O)[O-])c5)c(Oc5cnc6[nH]ccc6c5)c4)CC3C2)=C(c2ccc(Cl)cc2)C1. The van der Waals surface area contributed by atoms with E-state index in [-0.39, 0.29) is 16.7 Å². The Kier molecular flexibility index (Phi) is 9.83. The maximum atomic E-state index is 14.0. The standard InChI is InChI=1S/C41H40ClFN6O6S/c1-41(2)13-11-27(35(18-41)25-3-5-30(42)6-4-25)20-47-21-28-23-48(24-29(28)22-47)31-7-9-34(38(16-31)55-32-15-26-12-14-44-39(26)45-19-32)40(50)46-56(53,54)33-8-10-36(43)37(17-33)49(51)52/h3-10,12,14-17,19,28-29H,11,13,18,20-24H2,1-2H3,(H,44,45)(H,46,50). The lowest BCUT2D eigenvalue weighted by Gasteiger charge is -2.35. The van der Waals surface area contributed by atoms with Crippen molar-refractivity contribution >= 4 is 55.5 Å². The zero-order valence-corrected chi connectivity index (χ0v) is 32.4. The fraction of sp³-hybridized carbons (Fsp3) is 0.317. The number of benzene rings is 3.